The summed E-state index contributed by atoms with van der Waals surface area (Å²) in [5.41, 5.74) is 1.86. The molecule has 0 atom stereocenters. The minimum atomic E-state index is -2.54. The summed E-state index contributed by atoms with van der Waals surface area (Å²) in [5.74, 6) is 0.641. The number of ether oxygens (including phenoxy) is 1. The average molecular weight is 279 g/mol. The van der Waals surface area contributed by atoms with Crippen molar-refractivity contribution < 1.29 is 13.5 Å². The van der Waals surface area contributed by atoms with Gasteiger partial charge in [-0.2, -0.15) is 5.10 Å². The zero-order valence-corrected chi connectivity index (χ0v) is 11.3. The quantitative estimate of drug-likeness (QED) is 0.846. The Morgan fingerprint density at radius 1 is 1.30 bits per heavy atom. The molecule has 0 fully saturated rings. The number of aromatic nitrogens is 2. The van der Waals surface area contributed by atoms with Crippen LogP contribution in [-0.2, 0) is 7.05 Å². The lowest BCUT2D eigenvalue weighted by atomic mass is 10.0. The molecule has 0 N–H and O–H groups in total. The van der Waals surface area contributed by atoms with Gasteiger partial charge in [-0.15, -0.1) is 0 Å². The van der Waals surface area contributed by atoms with E-state index in [4.69, 9.17) is 4.74 Å². The van der Waals surface area contributed by atoms with Crippen LogP contribution in [0.5, 0.6) is 5.75 Å². The number of alkyl halides is 2. The zero-order chi connectivity index (χ0) is 14.3. The largest absolute Gasteiger partial charge is 0.490 e. The molecule has 0 saturated heterocycles. The fourth-order valence-electron chi connectivity index (χ4n) is 2.40. The molecule has 106 valence electrons. The molecule has 0 radical (unpaired) electrons. The van der Waals surface area contributed by atoms with E-state index >= 15 is 0 Å². The van der Waals surface area contributed by atoms with E-state index in [-0.39, 0.29) is 5.56 Å². The second-order valence-corrected chi connectivity index (χ2v) is 4.88. The Balaban J connectivity index is 2.18. The van der Waals surface area contributed by atoms with Crippen LogP contribution in [0.25, 0.3) is 11.1 Å². The number of likely N-dealkylation sites (N-methyl/N-ethyl adjacent to an activating group) is 1. The molecule has 1 aliphatic heterocycles. The Hall–Kier alpha value is -2.11. The van der Waals surface area contributed by atoms with Gasteiger partial charge in [0.05, 0.1) is 18.4 Å². The Kier molecular flexibility index (Phi) is 3.08. The maximum Gasteiger partial charge on any atom is 0.264 e. The van der Waals surface area contributed by atoms with Crippen LogP contribution < -0.4 is 9.64 Å². The van der Waals surface area contributed by atoms with Crippen LogP contribution in [0.3, 0.4) is 0 Å². The van der Waals surface area contributed by atoms with Gasteiger partial charge in [0, 0.05) is 31.4 Å². The average Bonchev–Trinajstić information content (AvgIpc) is 2.84. The summed E-state index contributed by atoms with van der Waals surface area (Å²) in [7, 11) is 3.63. The first-order valence-electron chi connectivity index (χ1n) is 6.35. The van der Waals surface area contributed by atoms with E-state index in [0.29, 0.717) is 35.7 Å². The maximum absolute atomic E-state index is 13.3. The van der Waals surface area contributed by atoms with Crippen LogP contribution in [-0.4, -0.2) is 30.0 Å². The smallest absolute Gasteiger partial charge is 0.264 e. The highest BCUT2D eigenvalue weighted by Crippen LogP contribution is 2.41. The van der Waals surface area contributed by atoms with Gasteiger partial charge in [0.15, 0.2) is 0 Å². The lowest BCUT2D eigenvalue weighted by Crippen LogP contribution is -2.29. The van der Waals surface area contributed by atoms with Gasteiger partial charge >= 0.3 is 0 Å². The number of hydrogen-bond donors (Lipinski definition) is 0. The fourth-order valence-corrected chi connectivity index (χ4v) is 2.40. The van der Waals surface area contributed by atoms with Crippen LogP contribution in [0.2, 0.25) is 0 Å². The number of halogens is 2. The molecule has 4 nitrogen and oxygen atoms in total. The number of rotatable bonds is 2. The number of fused-ring (bicyclic) bond motifs is 1. The summed E-state index contributed by atoms with van der Waals surface area (Å²) in [5, 5.41) is 4.04. The molecular formula is C14H15F2N3O. The van der Waals surface area contributed by atoms with E-state index in [1.54, 1.807) is 30.2 Å². The molecule has 0 aliphatic carbocycles. The Morgan fingerprint density at radius 3 is 2.75 bits per heavy atom. The van der Waals surface area contributed by atoms with Crippen molar-refractivity contribution in [2.45, 2.75) is 6.43 Å². The number of benzene rings is 1. The first-order chi connectivity index (χ1) is 9.56. The summed E-state index contributed by atoms with van der Waals surface area (Å²) < 4.78 is 33.8. The predicted octanol–water partition coefficient (Wildman–Crippen LogP) is 2.85. The van der Waals surface area contributed by atoms with Crippen molar-refractivity contribution in [1.82, 2.24) is 9.78 Å². The standard InChI is InChI=1S/C14H15F2N3O/c1-18-3-4-20-13-6-10(9-7-17-19(2)8-9)11(14(15)16)5-12(13)18/h5-8,14H,3-4H2,1-2H3. The Morgan fingerprint density at radius 2 is 2.10 bits per heavy atom. The molecule has 20 heavy (non-hydrogen) atoms. The maximum atomic E-state index is 13.3. The van der Waals surface area contributed by atoms with Gasteiger partial charge < -0.3 is 9.64 Å². The van der Waals surface area contributed by atoms with Crippen LogP contribution in [0.1, 0.15) is 12.0 Å². The minimum Gasteiger partial charge on any atom is -0.490 e. The molecule has 0 saturated carbocycles. The van der Waals surface area contributed by atoms with Crippen molar-refractivity contribution in [3.8, 4) is 16.9 Å². The highest BCUT2D eigenvalue weighted by molar-refractivity contribution is 5.75. The second kappa shape index (κ2) is 4.77. The molecule has 1 aromatic carbocycles. The van der Waals surface area contributed by atoms with Gasteiger partial charge in [0.25, 0.3) is 6.43 Å². The minimum absolute atomic E-state index is 0.00843. The first kappa shape index (κ1) is 12.9. The van der Waals surface area contributed by atoms with Crippen LogP contribution in [0.15, 0.2) is 24.5 Å². The molecule has 6 heteroatoms. The van der Waals surface area contributed by atoms with Crippen LogP contribution in [0.4, 0.5) is 14.5 Å². The van der Waals surface area contributed by atoms with Crippen molar-refractivity contribution in [3.05, 3.63) is 30.1 Å². The van der Waals surface area contributed by atoms with Gasteiger partial charge in [-0.05, 0) is 17.7 Å². The van der Waals surface area contributed by atoms with Crippen molar-refractivity contribution >= 4 is 5.69 Å². The monoisotopic (exact) mass is 279 g/mol. The normalized spacial score (nSPS) is 14.3. The van der Waals surface area contributed by atoms with Crippen molar-refractivity contribution in [2.75, 3.05) is 25.1 Å². The van der Waals surface area contributed by atoms with Gasteiger partial charge in [0.2, 0.25) is 0 Å². The number of hydrogen-bond acceptors (Lipinski definition) is 3. The lowest BCUT2D eigenvalue weighted by Gasteiger charge is -2.29. The molecule has 2 heterocycles. The third-order valence-electron chi connectivity index (χ3n) is 3.48. The summed E-state index contributed by atoms with van der Waals surface area (Å²) in [6.45, 7) is 1.26. The fraction of sp³-hybridized carbons (Fsp3) is 0.357. The highest BCUT2D eigenvalue weighted by Gasteiger charge is 2.23. The van der Waals surface area contributed by atoms with E-state index in [2.05, 4.69) is 5.10 Å². The second-order valence-electron chi connectivity index (χ2n) is 4.88. The van der Waals surface area contributed by atoms with E-state index in [9.17, 15) is 8.78 Å². The van der Waals surface area contributed by atoms with Crippen molar-refractivity contribution in [1.29, 1.82) is 0 Å². The number of nitrogens with zero attached hydrogens (tertiary/aromatic N) is 3. The number of aryl methyl sites for hydroxylation is 1. The molecular weight excluding hydrogens is 264 g/mol. The number of anilines is 1. The van der Waals surface area contributed by atoms with E-state index in [0.717, 1.165) is 0 Å². The molecule has 1 aromatic heterocycles. The van der Waals surface area contributed by atoms with Gasteiger partial charge in [-0.25, -0.2) is 8.78 Å². The summed E-state index contributed by atoms with van der Waals surface area (Å²) in [4.78, 5) is 1.93. The SMILES string of the molecule is CN1CCOc2cc(-c3cnn(C)c3)c(C(F)F)cc21. The highest BCUT2D eigenvalue weighted by atomic mass is 19.3. The van der Waals surface area contributed by atoms with E-state index in [1.807, 2.05) is 11.9 Å². The van der Waals surface area contributed by atoms with Gasteiger partial charge in [0.1, 0.15) is 12.4 Å². The summed E-state index contributed by atoms with van der Waals surface area (Å²) >= 11 is 0. The third kappa shape index (κ3) is 2.11. The van der Waals surface area contributed by atoms with Gasteiger partial charge in [-0.1, -0.05) is 0 Å². The van der Waals surface area contributed by atoms with E-state index < -0.39 is 6.43 Å². The van der Waals surface area contributed by atoms with Crippen LogP contribution in [0, 0.1) is 0 Å². The molecule has 0 bridgehead atoms. The molecule has 1 aliphatic rings. The molecule has 3 rings (SSSR count). The Bertz CT molecular complexity index is 639. The first-order valence-corrected chi connectivity index (χ1v) is 6.35. The lowest BCUT2D eigenvalue weighted by molar-refractivity contribution is 0.152. The van der Waals surface area contributed by atoms with Crippen molar-refractivity contribution in [3.63, 3.8) is 0 Å². The zero-order valence-electron chi connectivity index (χ0n) is 11.3. The summed E-state index contributed by atoms with van der Waals surface area (Å²) in [6.07, 6.45) is 0.770. The molecule has 0 unspecified atom stereocenters. The van der Waals surface area contributed by atoms with Crippen molar-refractivity contribution in [2.24, 2.45) is 7.05 Å². The third-order valence-corrected chi connectivity index (χ3v) is 3.48. The predicted molar refractivity (Wildman–Crippen MR) is 72.4 cm³/mol. The molecule has 2 aromatic rings. The van der Waals surface area contributed by atoms with E-state index in [1.165, 1.54) is 6.07 Å². The summed E-state index contributed by atoms with van der Waals surface area (Å²) in [6, 6.07) is 3.20. The molecule has 0 spiro atoms. The molecule has 0 amide bonds. The Labute approximate surface area is 115 Å². The van der Waals surface area contributed by atoms with Gasteiger partial charge in [-0.3, -0.25) is 4.68 Å². The topological polar surface area (TPSA) is 30.3 Å². The van der Waals surface area contributed by atoms with Crippen LogP contribution >= 0.6 is 0 Å².